The first-order valence-corrected chi connectivity index (χ1v) is 8.93. The van der Waals surface area contributed by atoms with Gasteiger partial charge in [0, 0.05) is 30.4 Å². The molecule has 0 aliphatic carbocycles. The van der Waals surface area contributed by atoms with Crippen molar-refractivity contribution in [2.45, 2.75) is 6.54 Å². The van der Waals surface area contributed by atoms with Crippen LogP contribution in [0.5, 0.6) is 5.88 Å². The van der Waals surface area contributed by atoms with Crippen LogP contribution in [-0.4, -0.2) is 24.4 Å². The van der Waals surface area contributed by atoms with Gasteiger partial charge >= 0.3 is 0 Å². The highest BCUT2D eigenvalue weighted by atomic mass is 19.1. The molecule has 0 radical (unpaired) electrons. The van der Waals surface area contributed by atoms with Gasteiger partial charge in [-0.1, -0.05) is 18.2 Å². The summed E-state index contributed by atoms with van der Waals surface area (Å²) in [5.74, 6) is -0.220. The molecular weight excluding hydrogens is 355 g/mol. The molecule has 2 aromatic carbocycles. The lowest BCUT2D eigenvalue weighted by Gasteiger charge is -2.09. The van der Waals surface area contributed by atoms with Crippen LogP contribution in [0.15, 0.2) is 67.1 Å². The van der Waals surface area contributed by atoms with Gasteiger partial charge in [-0.15, -0.1) is 0 Å². The summed E-state index contributed by atoms with van der Waals surface area (Å²) < 4.78 is 18.2. The molecule has 138 valence electrons. The molecule has 5 nitrogen and oxygen atoms in total. The highest BCUT2D eigenvalue weighted by Crippen LogP contribution is 2.29. The number of hydrogen-bond donors (Lipinski definition) is 1. The van der Waals surface area contributed by atoms with Gasteiger partial charge in [-0.3, -0.25) is 9.67 Å². The Kier molecular flexibility index (Phi) is 3.65. The summed E-state index contributed by atoms with van der Waals surface area (Å²) >= 11 is 0. The molecule has 0 spiro atoms. The first-order valence-electron chi connectivity index (χ1n) is 8.93. The van der Waals surface area contributed by atoms with E-state index in [0.717, 1.165) is 22.0 Å². The van der Waals surface area contributed by atoms with E-state index in [0.29, 0.717) is 16.5 Å². The standard InChI is InChI=1S/C22H17FN4O/c1-26-21-7-6-14(9-17(21)11-25-26)15-4-5-16(19(23)10-15)12-27-13-20-18(22(27)28)3-2-8-24-20/h2-11,13,28H,12H2,1H3. The number of fused-ring (bicyclic) bond motifs is 2. The van der Waals surface area contributed by atoms with Crippen LogP contribution in [0.2, 0.25) is 0 Å². The van der Waals surface area contributed by atoms with E-state index in [1.54, 1.807) is 41.4 Å². The fraction of sp³-hybridized carbons (Fsp3) is 0.0909. The van der Waals surface area contributed by atoms with Gasteiger partial charge in [0.05, 0.1) is 29.2 Å². The number of aromatic hydroxyl groups is 1. The first-order chi connectivity index (χ1) is 13.6. The fourth-order valence-corrected chi connectivity index (χ4v) is 3.58. The first kappa shape index (κ1) is 16.5. The van der Waals surface area contributed by atoms with Gasteiger partial charge in [0.1, 0.15) is 5.82 Å². The minimum atomic E-state index is -0.311. The average Bonchev–Trinajstić information content (AvgIpc) is 3.23. The van der Waals surface area contributed by atoms with E-state index >= 15 is 0 Å². The maximum absolute atomic E-state index is 14.8. The van der Waals surface area contributed by atoms with Crippen molar-refractivity contribution < 1.29 is 9.50 Å². The highest BCUT2D eigenvalue weighted by Gasteiger charge is 2.12. The molecule has 0 amide bonds. The van der Waals surface area contributed by atoms with Crippen molar-refractivity contribution in [3.63, 3.8) is 0 Å². The Morgan fingerprint density at radius 1 is 1.07 bits per heavy atom. The minimum Gasteiger partial charge on any atom is -0.494 e. The molecule has 0 fully saturated rings. The van der Waals surface area contributed by atoms with E-state index < -0.39 is 0 Å². The molecule has 0 atom stereocenters. The average molecular weight is 372 g/mol. The van der Waals surface area contributed by atoms with Gasteiger partial charge in [-0.2, -0.15) is 5.10 Å². The predicted octanol–water partition coefficient (Wildman–Crippen LogP) is 4.48. The SMILES string of the molecule is Cn1ncc2cc(-c3ccc(Cn4cc5ncccc5c4O)c(F)c3)ccc21. The van der Waals surface area contributed by atoms with Crippen LogP contribution in [0, 0.1) is 5.82 Å². The van der Waals surface area contributed by atoms with Gasteiger partial charge in [-0.05, 0) is 41.5 Å². The number of halogens is 1. The molecule has 0 unspecified atom stereocenters. The Labute approximate surface area is 160 Å². The lowest BCUT2D eigenvalue weighted by Crippen LogP contribution is -2.00. The third kappa shape index (κ3) is 2.62. The molecule has 0 bridgehead atoms. The summed E-state index contributed by atoms with van der Waals surface area (Å²) in [6, 6.07) is 14.7. The van der Waals surface area contributed by atoms with Gasteiger partial charge in [0.15, 0.2) is 0 Å². The third-order valence-corrected chi connectivity index (χ3v) is 5.10. The number of nitrogens with zero attached hydrogens (tertiary/aromatic N) is 4. The molecule has 3 heterocycles. The van der Waals surface area contributed by atoms with E-state index in [1.165, 1.54) is 6.07 Å². The molecule has 6 heteroatoms. The van der Waals surface area contributed by atoms with Gasteiger partial charge < -0.3 is 9.67 Å². The van der Waals surface area contributed by atoms with Crippen LogP contribution in [-0.2, 0) is 13.6 Å². The molecule has 3 aromatic heterocycles. The lowest BCUT2D eigenvalue weighted by atomic mass is 10.0. The van der Waals surface area contributed by atoms with Crippen molar-refractivity contribution in [2.24, 2.45) is 7.05 Å². The number of pyridine rings is 1. The van der Waals surface area contributed by atoms with Crippen LogP contribution >= 0.6 is 0 Å². The van der Waals surface area contributed by atoms with Crippen LogP contribution in [0.25, 0.3) is 32.9 Å². The quantitative estimate of drug-likeness (QED) is 0.508. The molecule has 0 saturated carbocycles. The normalized spacial score (nSPS) is 11.5. The zero-order valence-corrected chi connectivity index (χ0v) is 15.2. The fourth-order valence-electron chi connectivity index (χ4n) is 3.58. The largest absolute Gasteiger partial charge is 0.494 e. The Hall–Kier alpha value is -3.67. The van der Waals surface area contributed by atoms with E-state index in [-0.39, 0.29) is 18.2 Å². The molecule has 0 aliphatic rings. The number of hydrogen-bond acceptors (Lipinski definition) is 3. The van der Waals surface area contributed by atoms with Crippen molar-refractivity contribution in [3.05, 3.63) is 78.5 Å². The second-order valence-corrected chi connectivity index (χ2v) is 6.86. The van der Waals surface area contributed by atoms with Crippen molar-refractivity contribution in [1.82, 2.24) is 19.3 Å². The van der Waals surface area contributed by atoms with E-state index in [2.05, 4.69) is 10.1 Å². The lowest BCUT2D eigenvalue weighted by molar-refractivity contribution is 0.428. The molecule has 5 rings (SSSR count). The zero-order chi connectivity index (χ0) is 19.3. The van der Waals surface area contributed by atoms with Crippen molar-refractivity contribution >= 4 is 21.8 Å². The molecule has 28 heavy (non-hydrogen) atoms. The number of benzene rings is 2. The second kappa shape index (κ2) is 6.20. The van der Waals surface area contributed by atoms with E-state index in [1.807, 2.05) is 36.0 Å². The summed E-state index contributed by atoms with van der Waals surface area (Å²) in [5.41, 5.74) is 3.95. The Morgan fingerprint density at radius 2 is 1.89 bits per heavy atom. The molecule has 0 aliphatic heterocycles. The molecule has 1 N–H and O–H groups in total. The summed E-state index contributed by atoms with van der Waals surface area (Å²) in [6.45, 7) is 0.232. The zero-order valence-electron chi connectivity index (χ0n) is 15.2. The van der Waals surface area contributed by atoms with Crippen LogP contribution in [0.4, 0.5) is 4.39 Å². The number of aryl methyl sites for hydroxylation is 1. The Bertz CT molecular complexity index is 1340. The van der Waals surface area contributed by atoms with Gasteiger partial charge in [0.2, 0.25) is 5.88 Å². The smallest absolute Gasteiger partial charge is 0.201 e. The highest BCUT2D eigenvalue weighted by molar-refractivity contribution is 5.85. The summed E-state index contributed by atoms with van der Waals surface area (Å²) in [7, 11) is 1.89. The molecule has 5 aromatic rings. The van der Waals surface area contributed by atoms with E-state index in [4.69, 9.17) is 0 Å². The van der Waals surface area contributed by atoms with Crippen molar-refractivity contribution in [3.8, 4) is 17.0 Å². The van der Waals surface area contributed by atoms with E-state index in [9.17, 15) is 9.50 Å². The van der Waals surface area contributed by atoms with Crippen molar-refractivity contribution in [2.75, 3.05) is 0 Å². The molecule has 0 saturated heterocycles. The van der Waals surface area contributed by atoms with Crippen molar-refractivity contribution in [1.29, 1.82) is 0 Å². The van der Waals surface area contributed by atoms with Crippen LogP contribution in [0.3, 0.4) is 0 Å². The minimum absolute atomic E-state index is 0.0913. The number of aromatic nitrogens is 4. The summed E-state index contributed by atoms with van der Waals surface area (Å²) in [5, 5.41) is 16.3. The third-order valence-electron chi connectivity index (χ3n) is 5.10. The van der Waals surface area contributed by atoms with Gasteiger partial charge in [0.25, 0.3) is 0 Å². The maximum Gasteiger partial charge on any atom is 0.201 e. The molecular formula is C22H17FN4O. The number of rotatable bonds is 3. The van der Waals surface area contributed by atoms with Gasteiger partial charge in [-0.25, -0.2) is 4.39 Å². The summed E-state index contributed by atoms with van der Waals surface area (Å²) in [6.07, 6.45) is 5.20. The predicted molar refractivity (Wildman–Crippen MR) is 107 cm³/mol. The Balaban J connectivity index is 1.49. The maximum atomic E-state index is 14.8. The van der Waals surface area contributed by atoms with Crippen LogP contribution in [0.1, 0.15) is 5.56 Å². The monoisotopic (exact) mass is 372 g/mol. The Morgan fingerprint density at radius 3 is 2.71 bits per heavy atom. The second-order valence-electron chi connectivity index (χ2n) is 6.86. The topological polar surface area (TPSA) is 55.9 Å². The summed E-state index contributed by atoms with van der Waals surface area (Å²) in [4.78, 5) is 4.23. The van der Waals surface area contributed by atoms with Crippen LogP contribution < -0.4 is 0 Å².